The lowest BCUT2D eigenvalue weighted by Gasteiger charge is -2.30. The predicted octanol–water partition coefficient (Wildman–Crippen LogP) is 3.51. The molecule has 1 aliphatic rings. The monoisotopic (exact) mass is 295 g/mol. The molecule has 0 atom stereocenters. The summed E-state index contributed by atoms with van der Waals surface area (Å²) >= 11 is 1.79. The zero-order chi connectivity index (χ0) is 14.4. The highest BCUT2D eigenvalue weighted by Crippen LogP contribution is 2.21. The molecular weight excluding hydrogens is 266 g/mol. The van der Waals surface area contributed by atoms with Crippen LogP contribution in [-0.4, -0.2) is 29.5 Å². The van der Waals surface area contributed by atoms with Crippen molar-refractivity contribution in [2.45, 2.75) is 53.1 Å². The summed E-state index contributed by atoms with van der Waals surface area (Å²) in [6.45, 7) is 12.3. The van der Waals surface area contributed by atoms with Gasteiger partial charge >= 0.3 is 0 Å². The maximum Gasteiger partial charge on any atom is 0.107 e. The highest BCUT2D eigenvalue weighted by Gasteiger charge is 2.18. The van der Waals surface area contributed by atoms with Crippen molar-refractivity contribution in [1.82, 2.24) is 15.2 Å². The van der Waals surface area contributed by atoms with Crippen molar-refractivity contribution in [2.75, 3.05) is 19.6 Å². The van der Waals surface area contributed by atoms with Gasteiger partial charge in [0.15, 0.2) is 0 Å². The Morgan fingerprint density at radius 2 is 2.15 bits per heavy atom. The third-order valence-electron chi connectivity index (χ3n) is 4.10. The molecule has 0 radical (unpaired) electrons. The lowest BCUT2D eigenvalue weighted by atomic mass is 9.94. The standard InChI is InChI=1S/C16H29N3S/c1-4-14-5-7-19(8-6-14)11-15-12-20-16(18-15)10-17-9-13(2)3/h12-14,17H,4-11H2,1-3H3. The van der Waals surface area contributed by atoms with Crippen molar-refractivity contribution in [1.29, 1.82) is 0 Å². The van der Waals surface area contributed by atoms with E-state index in [2.05, 4.69) is 36.4 Å². The van der Waals surface area contributed by atoms with E-state index in [0.29, 0.717) is 5.92 Å². The Labute approximate surface area is 127 Å². The molecule has 2 heterocycles. The van der Waals surface area contributed by atoms with E-state index in [9.17, 15) is 0 Å². The first kappa shape index (κ1) is 15.9. The van der Waals surface area contributed by atoms with E-state index in [4.69, 9.17) is 4.98 Å². The molecule has 4 heteroatoms. The van der Waals surface area contributed by atoms with Gasteiger partial charge in [-0.2, -0.15) is 0 Å². The third-order valence-corrected chi connectivity index (χ3v) is 5.00. The van der Waals surface area contributed by atoms with Crippen molar-refractivity contribution in [3.63, 3.8) is 0 Å². The van der Waals surface area contributed by atoms with Crippen LogP contribution in [-0.2, 0) is 13.1 Å². The largest absolute Gasteiger partial charge is 0.310 e. The minimum absolute atomic E-state index is 0.703. The maximum absolute atomic E-state index is 4.75. The van der Waals surface area contributed by atoms with Crippen LogP contribution in [0.2, 0.25) is 0 Å². The summed E-state index contributed by atoms with van der Waals surface area (Å²) in [7, 11) is 0. The molecule has 0 spiro atoms. The summed E-state index contributed by atoms with van der Waals surface area (Å²) in [5.74, 6) is 1.66. The smallest absolute Gasteiger partial charge is 0.107 e. The number of nitrogens with one attached hydrogen (secondary N) is 1. The number of piperidine rings is 1. The van der Waals surface area contributed by atoms with E-state index in [-0.39, 0.29) is 0 Å². The van der Waals surface area contributed by atoms with Crippen molar-refractivity contribution in [2.24, 2.45) is 11.8 Å². The molecule has 1 aromatic heterocycles. The van der Waals surface area contributed by atoms with E-state index in [1.807, 2.05) is 0 Å². The maximum atomic E-state index is 4.75. The van der Waals surface area contributed by atoms with Crippen LogP contribution < -0.4 is 5.32 Å². The molecule has 1 aromatic rings. The Morgan fingerprint density at radius 3 is 2.80 bits per heavy atom. The van der Waals surface area contributed by atoms with E-state index in [1.54, 1.807) is 11.3 Å². The van der Waals surface area contributed by atoms with Crippen LogP contribution in [0.5, 0.6) is 0 Å². The zero-order valence-corrected chi connectivity index (χ0v) is 14.0. The molecule has 0 aromatic carbocycles. The fourth-order valence-electron chi connectivity index (χ4n) is 2.75. The third kappa shape index (κ3) is 5.15. The first-order valence-corrected chi connectivity index (χ1v) is 8.91. The van der Waals surface area contributed by atoms with Crippen LogP contribution in [0.25, 0.3) is 0 Å². The Kier molecular flexibility index (Phi) is 6.46. The van der Waals surface area contributed by atoms with Crippen LogP contribution in [0.15, 0.2) is 5.38 Å². The molecule has 0 bridgehead atoms. The average molecular weight is 295 g/mol. The Balaban J connectivity index is 1.72. The Morgan fingerprint density at radius 1 is 1.40 bits per heavy atom. The van der Waals surface area contributed by atoms with Gasteiger partial charge in [-0.15, -0.1) is 11.3 Å². The molecule has 2 rings (SSSR count). The fraction of sp³-hybridized carbons (Fsp3) is 0.812. The quantitative estimate of drug-likeness (QED) is 0.834. The number of nitrogens with zero attached hydrogens (tertiary/aromatic N) is 2. The highest BCUT2D eigenvalue weighted by atomic mass is 32.1. The van der Waals surface area contributed by atoms with E-state index in [1.165, 1.54) is 43.1 Å². The van der Waals surface area contributed by atoms with Gasteiger partial charge in [-0.1, -0.05) is 27.2 Å². The minimum Gasteiger partial charge on any atom is -0.310 e. The Hall–Kier alpha value is -0.450. The minimum atomic E-state index is 0.703. The lowest BCUT2D eigenvalue weighted by molar-refractivity contribution is 0.173. The van der Waals surface area contributed by atoms with E-state index >= 15 is 0 Å². The molecule has 0 amide bonds. The molecule has 3 nitrogen and oxygen atoms in total. The molecule has 1 N–H and O–H groups in total. The number of hydrogen-bond acceptors (Lipinski definition) is 4. The molecular formula is C16H29N3S. The van der Waals surface area contributed by atoms with Crippen LogP contribution in [0.1, 0.15) is 50.7 Å². The van der Waals surface area contributed by atoms with Crippen molar-refractivity contribution in [3.8, 4) is 0 Å². The first-order chi connectivity index (χ1) is 9.67. The molecule has 114 valence electrons. The highest BCUT2D eigenvalue weighted by molar-refractivity contribution is 7.09. The molecule has 0 saturated carbocycles. The summed E-state index contributed by atoms with van der Waals surface area (Å²) in [5, 5.41) is 6.93. The van der Waals surface area contributed by atoms with Crippen LogP contribution in [0.4, 0.5) is 0 Å². The summed E-state index contributed by atoms with van der Waals surface area (Å²) < 4.78 is 0. The SMILES string of the molecule is CCC1CCN(Cc2csc(CNCC(C)C)n2)CC1. The summed E-state index contributed by atoms with van der Waals surface area (Å²) in [6.07, 6.45) is 4.07. The van der Waals surface area contributed by atoms with E-state index < -0.39 is 0 Å². The van der Waals surface area contributed by atoms with Crippen LogP contribution in [0.3, 0.4) is 0 Å². The van der Waals surface area contributed by atoms with Gasteiger partial charge in [0, 0.05) is 18.5 Å². The van der Waals surface area contributed by atoms with Crippen molar-refractivity contribution >= 4 is 11.3 Å². The molecule has 1 fully saturated rings. The summed E-state index contributed by atoms with van der Waals surface area (Å²) in [6, 6.07) is 0. The van der Waals surface area contributed by atoms with Gasteiger partial charge in [-0.05, 0) is 44.3 Å². The second kappa shape index (κ2) is 8.11. The number of hydrogen-bond donors (Lipinski definition) is 1. The number of likely N-dealkylation sites (tertiary alicyclic amines) is 1. The normalized spacial score (nSPS) is 18.0. The predicted molar refractivity (Wildman–Crippen MR) is 87.0 cm³/mol. The number of rotatable bonds is 7. The molecule has 20 heavy (non-hydrogen) atoms. The van der Waals surface area contributed by atoms with Gasteiger partial charge in [-0.3, -0.25) is 4.90 Å². The van der Waals surface area contributed by atoms with Gasteiger partial charge < -0.3 is 5.32 Å². The topological polar surface area (TPSA) is 28.2 Å². The number of thiazole rings is 1. The fourth-order valence-corrected chi connectivity index (χ4v) is 3.51. The van der Waals surface area contributed by atoms with Crippen LogP contribution in [0, 0.1) is 11.8 Å². The second-order valence-electron chi connectivity index (χ2n) is 6.39. The first-order valence-electron chi connectivity index (χ1n) is 8.03. The van der Waals surface area contributed by atoms with Gasteiger partial charge in [0.2, 0.25) is 0 Å². The van der Waals surface area contributed by atoms with Gasteiger partial charge in [-0.25, -0.2) is 4.98 Å². The van der Waals surface area contributed by atoms with Crippen molar-refractivity contribution < 1.29 is 0 Å². The lowest BCUT2D eigenvalue weighted by Crippen LogP contribution is -2.33. The van der Waals surface area contributed by atoms with Gasteiger partial charge in [0.05, 0.1) is 5.69 Å². The van der Waals surface area contributed by atoms with Crippen molar-refractivity contribution in [3.05, 3.63) is 16.1 Å². The second-order valence-corrected chi connectivity index (χ2v) is 7.33. The Bertz CT molecular complexity index is 381. The molecule has 0 unspecified atom stereocenters. The zero-order valence-electron chi connectivity index (χ0n) is 13.2. The summed E-state index contributed by atoms with van der Waals surface area (Å²) in [5.41, 5.74) is 1.26. The van der Waals surface area contributed by atoms with Gasteiger partial charge in [0.25, 0.3) is 0 Å². The number of aromatic nitrogens is 1. The average Bonchev–Trinajstić information content (AvgIpc) is 2.87. The molecule has 0 aliphatic carbocycles. The molecule has 1 saturated heterocycles. The van der Waals surface area contributed by atoms with Crippen LogP contribution >= 0.6 is 11.3 Å². The van der Waals surface area contributed by atoms with E-state index in [0.717, 1.165) is 25.6 Å². The summed E-state index contributed by atoms with van der Waals surface area (Å²) in [4.78, 5) is 7.32. The molecule has 1 aliphatic heterocycles. The van der Waals surface area contributed by atoms with Gasteiger partial charge in [0.1, 0.15) is 5.01 Å².